The number of hydrogen-bond acceptors (Lipinski definition) is 6. The molecule has 2 saturated heterocycles. The minimum Gasteiger partial charge on any atom is -0.465 e. The number of amides is 1. The van der Waals surface area contributed by atoms with Gasteiger partial charge in [-0.05, 0) is 24.5 Å². The van der Waals surface area contributed by atoms with Crippen LogP contribution in [0.2, 0.25) is 0 Å². The second-order valence-electron chi connectivity index (χ2n) is 9.45. The summed E-state index contributed by atoms with van der Waals surface area (Å²) in [6.45, 7) is 6.34. The number of carbonyl (C=O) groups is 1. The third-order valence-corrected chi connectivity index (χ3v) is 7.73. The van der Waals surface area contributed by atoms with Crippen molar-refractivity contribution in [2.75, 3.05) is 24.5 Å². The molecule has 0 radical (unpaired) electrons. The van der Waals surface area contributed by atoms with Gasteiger partial charge in [0.05, 0.1) is 5.56 Å². The fraction of sp³-hybridized carbons (Fsp3) is 0.522. The lowest BCUT2D eigenvalue weighted by molar-refractivity contribution is 0.0800. The number of aromatic nitrogens is 1. The molecular formula is C23H26F2N4O3S. The van der Waals surface area contributed by atoms with Gasteiger partial charge in [0.25, 0.3) is 0 Å². The summed E-state index contributed by atoms with van der Waals surface area (Å²) in [4.78, 5) is 25.6. The summed E-state index contributed by atoms with van der Waals surface area (Å²) in [5, 5.41) is 16.4. The Labute approximate surface area is 194 Å². The Morgan fingerprint density at radius 3 is 2.73 bits per heavy atom. The van der Waals surface area contributed by atoms with Crippen molar-refractivity contribution < 1.29 is 23.5 Å². The maximum atomic E-state index is 14.1. The molecule has 0 bridgehead atoms. The Kier molecular flexibility index (Phi) is 5.72. The molecule has 33 heavy (non-hydrogen) atoms. The molecule has 0 spiro atoms. The zero-order valence-electron chi connectivity index (χ0n) is 18.4. The minimum absolute atomic E-state index is 0.0287. The molecule has 5 rings (SSSR count). The highest BCUT2D eigenvalue weighted by molar-refractivity contribution is 7.14. The van der Waals surface area contributed by atoms with Crippen LogP contribution < -0.4 is 4.90 Å². The number of hydrogen-bond donors (Lipinski definition) is 1. The Morgan fingerprint density at radius 2 is 2.03 bits per heavy atom. The number of carboxylic acid groups (broad SMARTS) is 1. The van der Waals surface area contributed by atoms with Gasteiger partial charge in [0.15, 0.2) is 11.2 Å². The lowest BCUT2D eigenvalue weighted by atomic mass is 9.89. The Hall–Kier alpha value is -2.75. The number of fused-ring (bicyclic) bond motifs is 1. The first-order chi connectivity index (χ1) is 15.8. The van der Waals surface area contributed by atoms with E-state index >= 15 is 0 Å². The molecule has 3 aliphatic heterocycles. The highest BCUT2D eigenvalue weighted by atomic mass is 32.1. The first-order valence-corrected chi connectivity index (χ1v) is 12.1. The fourth-order valence-electron chi connectivity index (χ4n) is 5.35. The van der Waals surface area contributed by atoms with Crippen molar-refractivity contribution in [3.8, 4) is 0 Å². The van der Waals surface area contributed by atoms with Crippen LogP contribution >= 0.6 is 11.3 Å². The molecule has 2 fully saturated rings. The van der Waals surface area contributed by atoms with Gasteiger partial charge < -0.3 is 19.7 Å². The molecule has 1 amide bonds. The van der Waals surface area contributed by atoms with Gasteiger partial charge in [-0.15, -0.1) is 11.3 Å². The van der Waals surface area contributed by atoms with E-state index < -0.39 is 23.8 Å². The molecule has 4 atom stereocenters. The van der Waals surface area contributed by atoms with Crippen molar-refractivity contribution in [2.45, 2.75) is 38.8 Å². The molecule has 1 N–H and O–H groups in total. The summed E-state index contributed by atoms with van der Waals surface area (Å²) in [5.41, 5.74) is 1.11. The van der Waals surface area contributed by atoms with Crippen LogP contribution in [0.5, 0.6) is 0 Å². The van der Waals surface area contributed by atoms with Crippen LogP contribution in [-0.4, -0.2) is 52.5 Å². The predicted molar refractivity (Wildman–Crippen MR) is 121 cm³/mol. The van der Waals surface area contributed by atoms with E-state index in [0.717, 1.165) is 24.6 Å². The number of oxime groups is 1. The number of nitrogens with zero attached hydrogens (tertiary/aromatic N) is 4. The number of anilines is 1. The Morgan fingerprint density at radius 1 is 1.27 bits per heavy atom. The molecule has 4 unspecified atom stereocenters. The average Bonchev–Trinajstić information content (AvgIpc) is 3.51. The zero-order chi connectivity index (χ0) is 23.3. The van der Waals surface area contributed by atoms with E-state index in [9.17, 15) is 18.7 Å². The molecule has 4 heterocycles. The van der Waals surface area contributed by atoms with E-state index in [2.05, 4.69) is 23.9 Å². The van der Waals surface area contributed by atoms with Gasteiger partial charge in [-0.3, -0.25) is 0 Å². The van der Waals surface area contributed by atoms with Crippen LogP contribution in [-0.2, 0) is 4.84 Å². The molecule has 0 saturated carbocycles. The van der Waals surface area contributed by atoms with E-state index in [1.807, 2.05) is 5.38 Å². The largest absolute Gasteiger partial charge is 0.465 e. The zero-order valence-corrected chi connectivity index (χ0v) is 19.3. The standard InChI is InChI=1S/C23H26F2N4O3S/c1-12(2)6-19-14-10-28(8-13(14)9-29(19)23(30)31)22-26-18(11-33-22)17-7-20(32-27-17)21-15(24)4-3-5-16(21)25/h3-5,11-14,19-20H,6-10H2,1-2H3,(H,30,31). The van der Waals surface area contributed by atoms with Gasteiger partial charge in [-0.1, -0.05) is 25.1 Å². The number of benzene rings is 1. The normalized spacial score (nSPS) is 26.6. The first kappa shape index (κ1) is 22.1. The van der Waals surface area contributed by atoms with Crippen molar-refractivity contribution in [3.63, 3.8) is 0 Å². The summed E-state index contributed by atoms with van der Waals surface area (Å²) in [7, 11) is 0. The number of rotatable bonds is 5. The highest BCUT2D eigenvalue weighted by Crippen LogP contribution is 2.41. The fourth-order valence-corrected chi connectivity index (χ4v) is 6.20. The third-order valence-electron chi connectivity index (χ3n) is 6.82. The molecule has 1 aromatic heterocycles. The van der Waals surface area contributed by atoms with Crippen molar-refractivity contribution in [1.29, 1.82) is 0 Å². The summed E-state index contributed by atoms with van der Waals surface area (Å²) < 4.78 is 28.2. The summed E-state index contributed by atoms with van der Waals surface area (Å²) in [6.07, 6.45) is -0.544. The second-order valence-corrected chi connectivity index (χ2v) is 10.3. The van der Waals surface area contributed by atoms with E-state index in [4.69, 9.17) is 9.82 Å². The minimum atomic E-state index is -0.835. The quantitative estimate of drug-likeness (QED) is 0.674. The highest BCUT2D eigenvalue weighted by Gasteiger charge is 2.49. The van der Waals surface area contributed by atoms with Gasteiger partial charge in [-0.25, -0.2) is 18.6 Å². The average molecular weight is 477 g/mol. The van der Waals surface area contributed by atoms with Gasteiger partial charge in [0, 0.05) is 49.3 Å². The van der Waals surface area contributed by atoms with Crippen LogP contribution in [0.15, 0.2) is 28.7 Å². The van der Waals surface area contributed by atoms with Crippen molar-refractivity contribution in [1.82, 2.24) is 9.88 Å². The van der Waals surface area contributed by atoms with E-state index in [1.165, 1.54) is 29.5 Å². The number of likely N-dealkylation sites (tertiary alicyclic amines) is 1. The molecule has 2 aromatic rings. The monoisotopic (exact) mass is 476 g/mol. The van der Waals surface area contributed by atoms with Crippen LogP contribution in [0.4, 0.5) is 18.7 Å². The molecule has 7 nitrogen and oxygen atoms in total. The summed E-state index contributed by atoms with van der Waals surface area (Å²) in [5.74, 6) is -0.298. The van der Waals surface area contributed by atoms with Crippen LogP contribution in [0.25, 0.3) is 0 Å². The van der Waals surface area contributed by atoms with Crippen LogP contribution in [0.1, 0.15) is 44.1 Å². The lowest BCUT2D eigenvalue weighted by Gasteiger charge is -2.28. The van der Waals surface area contributed by atoms with Gasteiger partial charge in [-0.2, -0.15) is 0 Å². The third kappa shape index (κ3) is 4.05. The Bertz CT molecular complexity index is 1070. The predicted octanol–water partition coefficient (Wildman–Crippen LogP) is 4.75. The smallest absolute Gasteiger partial charge is 0.407 e. The van der Waals surface area contributed by atoms with Crippen molar-refractivity contribution in [2.24, 2.45) is 22.9 Å². The SMILES string of the molecule is CC(C)CC1C2CN(c3nc(C4=NOC(c5c(F)cccc5F)C4)cs3)CC2CN1C(=O)O. The molecule has 176 valence electrons. The molecule has 3 aliphatic rings. The topological polar surface area (TPSA) is 78.3 Å². The van der Waals surface area contributed by atoms with Crippen LogP contribution in [0, 0.1) is 29.4 Å². The maximum absolute atomic E-state index is 14.1. The van der Waals surface area contributed by atoms with Gasteiger partial charge >= 0.3 is 6.09 Å². The van der Waals surface area contributed by atoms with E-state index in [1.54, 1.807) is 4.90 Å². The van der Waals surface area contributed by atoms with Crippen LogP contribution in [0.3, 0.4) is 0 Å². The first-order valence-electron chi connectivity index (χ1n) is 11.2. The molecule has 1 aromatic carbocycles. The van der Waals surface area contributed by atoms with Gasteiger partial charge in [0.2, 0.25) is 0 Å². The van der Waals surface area contributed by atoms with E-state index in [-0.39, 0.29) is 29.9 Å². The van der Waals surface area contributed by atoms with Crippen molar-refractivity contribution in [3.05, 3.63) is 46.5 Å². The van der Waals surface area contributed by atoms with Gasteiger partial charge in [0.1, 0.15) is 23.0 Å². The molecule has 0 aliphatic carbocycles. The molecular weight excluding hydrogens is 450 g/mol. The lowest BCUT2D eigenvalue weighted by Crippen LogP contribution is -2.40. The van der Waals surface area contributed by atoms with E-state index in [0.29, 0.717) is 23.9 Å². The maximum Gasteiger partial charge on any atom is 0.407 e. The second kappa shape index (κ2) is 8.55. The summed E-state index contributed by atoms with van der Waals surface area (Å²) in [6, 6.07) is 3.78. The molecule has 10 heteroatoms. The number of halogens is 2. The Balaban J connectivity index is 1.27. The van der Waals surface area contributed by atoms with Crippen molar-refractivity contribution >= 4 is 28.3 Å². The number of thiazole rings is 1. The summed E-state index contributed by atoms with van der Waals surface area (Å²) >= 11 is 1.50.